The Labute approximate surface area is 375 Å². The molecule has 63 heavy (non-hydrogen) atoms. The molecule has 0 saturated carbocycles. The molecule has 3 aliphatic carbocycles. The van der Waals surface area contributed by atoms with Crippen molar-refractivity contribution in [2.45, 2.75) is 103 Å². The van der Waals surface area contributed by atoms with Crippen LogP contribution < -0.4 is 16.0 Å². The van der Waals surface area contributed by atoms with E-state index in [1.165, 1.54) is 0 Å². The zero-order valence-corrected chi connectivity index (χ0v) is 36.8. The number of hydrogen-bond acceptors (Lipinski definition) is 10. The van der Waals surface area contributed by atoms with Gasteiger partial charge in [0.25, 0.3) is 0 Å². The standard InChI is InChI=1S/C48H60N12O3/c1-37-39(47(53-3)54-4)16-10-7-13-19-43(37)57-22-28-61-31-25-60(26-32-62-29-23-58-44-20-14-8-11-17-40(42(44)36-51)38(34-49)35-50)27-33-63-30-24-59-45-21-15-9-12-18-41(46(45)52-2)48(55-5)56-6/h57-59H,7-33H2,1H3/b43-37+,44-42+,46-45-. The van der Waals surface area contributed by atoms with Crippen molar-refractivity contribution in [2.75, 3.05) is 78.9 Å². The molecule has 330 valence electrons. The minimum Gasteiger partial charge on any atom is -0.395 e. The Morgan fingerprint density at radius 3 is 1.43 bits per heavy atom. The molecule has 0 bridgehead atoms. The van der Waals surface area contributed by atoms with Crippen LogP contribution in [-0.4, -0.2) is 83.8 Å². The van der Waals surface area contributed by atoms with Crippen LogP contribution >= 0.6 is 0 Å². The summed E-state index contributed by atoms with van der Waals surface area (Å²) >= 11 is 0. The van der Waals surface area contributed by atoms with Gasteiger partial charge in [0.15, 0.2) is 0 Å². The molecule has 0 heterocycles. The van der Waals surface area contributed by atoms with Gasteiger partial charge in [0.05, 0.1) is 62.9 Å². The minimum atomic E-state index is -0.0276. The normalized spacial score (nSPS) is 19.5. The van der Waals surface area contributed by atoms with Gasteiger partial charge >= 0.3 is 11.6 Å². The molecular formula is C48H60N12O3. The maximum Gasteiger partial charge on any atom is 0.522 e. The minimum absolute atomic E-state index is 0.00586. The molecule has 15 nitrogen and oxygen atoms in total. The highest BCUT2D eigenvalue weighted by molar-refractivity contribution is 5.55. The zero-order chi connectivity index (χ0) is 45.5. The monoisotopic (exact) mass is 852 g/mol. The quantitative estimate of drug-likeness (QED) is 0.0580. The molecule has 0 aromatic rings. The molecule has 0 aromatic carbocycles. The fraction of sp³-hybridized carbons (Fsp3) is 0.583. The van der Waals surface area contributed by atoms with Crippen LogP contribution in [0, 0.1) is 66.9 Å². The molecule has 3 N–H and O–H groups in total. The van der Waals surface area contributed by atoms with Crippen LogP contribution in [0.25, 0.3) is 24.2 Å². The predicted octanol–water partition coefficient (Wildman–Crippen LogP) is 8.63. The van der Waals surface area contributed by atoms with Crippen LogP contribution in [0.3, 0.4) is 0 Å². The first-order chi connectivity index (χ1) is 30.9. The predicted molar refractivity (Wildman–Crippen MR) is 240 cm³/mol. The zero-order valence-electron chi connectivity index (χ0n) is 36.8. The van der Waals surface area contributed by atoms with Gasteiger partial charge < -0.3 is 30.2 Å². The highest BCUT2D eigenvalue weighted by Crippen LogP contribution is 2.32. The topological polar surface area (TPSA) is 160 Å². The Bertz CT molecular complexity index is 1950. The van der Waals surface area contributed by atoms with Crippen LogP contribution in [-0.2, 0) is 14.2 Å². The van der Waals surface area contributed by atoms with Gasteiger partial charge in [-0.3, -0.25) is 4.90 Å². The molecule has 0 unspecified atom stereocenters. The summed E-state index contributed by atoms with van der Waals surface area (Å²) in [6.07, 6.45) is 12.6. The summed E-state index contributed by atoms with van der Waals surface area (Å²) in [6.45, 7) is 45.8. The second-order valence-electron chi connectivity index (χ2n) is 15.3. The summed E-state index contributed by atoms with van der Waals surface area (Å²) in [5.41, 5.74) is 6.26. The molecule has 0 fully saturated rings. The van der Waals surface area contributed by atoms with Crippen LogP contribution in [0.1, 0.15) is 103 Å². The molecule has 0 amide bonds. The molecule has 3 rings (SSSR count). The molecule has 0 radical (unpaired) electrons. The summed E-state index contributed by atoms with van der Waals surface area (Å²) in [7, 11) is 0. The van der Waals surface area contributed by atoms with Gasteiger partial charge in [-0.25, -0.2) is 4.85 Å². The van der Waals surface area contributed by atoms with Crippen molar-refractivity contribution in [3.05, 3.63) is 125 Å². The molecule has 0 atom stereocenters. The van der Waals surface area contributed by atoms with Gasteiger partial charge in [-0.05, 0) is 76.7 Å². The average Bonchev–Trinajstić information content (AvgIpc) is 3.28. The summed E-state index contributed by atoms with van der Waals surface area (Å²) in [6, 6.07) is 6.16. The number of nitrogens with one attached hydrogen (secondary N) is 3. The van der Waals surface area contributed by atoms with Crippen LogP contribution in [0.5, 0.6) is 0 Å². The number of allylic oxidation sites excluding steroid dienone is 9. The highest BCUT2D eigenvalue weighted by atomic mass is 16.5. The van der Waals surface area contributed by atoms with E-state index in [-0.39, 0.29) is 17.2 Å². The van der Waals surface area contributed by atoms with E-state index in [1.54, 1.807) is 0 Å². The van der Waals surface area contributed by atoms with E-state index < -0.39 is 0 Å². The summed E-state index contributed by atoms with van der Waals surface area (Å²) in [5.74, 6) is 0.131. The lowest BCUT2D eigenvalue weighted by Crippen LogP contribution is -2.35. The Hall–Kier alpha value is -6.40. The van der Waals surface area contributed by atoms with E-state index in [9.17, 15) is 15.8 Å². The fourth-order valence-corrected chi connectivity index (χ4v) is 7.86. The van der Waals surface area contributed by atoms with Gasteiger partial charge in [0, 0.05) is 61.9 Å². The van der Waals surface area contributed by atoms with Crippen molar-refractivity contribution in [3.8, 4) is 18.2 Å². The number of nitrogens with zero attached hydrogens (tertiary/aromatic N) is 9. The lowest BCUT2D eigenvalue weighted by molar-refractivity contribution is 0.0550. The van der Waals surface area contributed by atoms with Crippen LogP contribution in [0.15, 0.2) is 67.9 Å². The molecule has 0 aromatic heterocycles. The summed E-state index contributed by atoms with van der Waals surface area (Å²) in [5, 5.41) is 39.2. The van der Waals surface area contributed by atoms with Crippen molar-refractivity contribution < 1.29 is 14.2 Å². The first kappa shape index (κ1) is 51.0. The van der Waals surface area contributed by atoms with E-state index in [4.69, 9.17) is 47.1 Å². The smallest absolute Gasteiger partial charge is 0.395 e. The third-order valence-corrected chi connectivity index (χ3v) is 11.3. The first-order valence-corrected chi connectivity index (χ1v) is 22.0. The number of ether oxygens (including phenoxy) is 3. The second kappa shape index (κ2) is 30.6. The van der Waals surface area contributed by atoms with Gasteiger partial charge in [0.1, 0.15) is 50.1 Å². The van der Waals surface area contributed by atoms with Gasteiger partial charge in [-0.1, -0.05) is 32.1 Å². The van der Waals surface area contributed by atoms with E-state index >= 15 is 0 Å². The lowest BCUT2D eigenvalue weighted by atomic mass is 9.90. The second-order valence-corrected chi connectivity index (χ2v) is 15.3. The van der Waals surface area contributed by atoms with Gasteiger partial charge in [-0.15, -0.1) is 0 Å². The fourth-order valence-electron chi connectivity index (χ4n) is 7.86. The van der Waals surface area contributed by atoms with Crippen molar-refractivity contribution in [2.24, 2.45) is 0 Å². The van der Waals surface area contributed by atoms with Crippen molar-refractivity contribution in [1.82, 2.24) is 20.9 Å². The van der Waals surface area contributed by atoms with E-state index in [0.29, 0.717) is 127 Å². The molecule has 15 heteroatoms. The number of rotatable bonds is 21. The maximum atomic E-state index is 9.99. The molecule has 0 spiro atoms. The van der Waals surface area contributed by atoms with Crippen molar-refractivity contribution in [3.63, 3.8) is 0 Å². The van der Waals surface area contributed by atoms with Gasteiger partial charge in [-0.2, -0.15) is 35.2 Å². The first-order valence-electron chi connectivity index (χ1n) is 22.0. The molecule has 3 aliphatic rings. The maximum absolute atomic E-state index is 9.99. The highest BCUT2D eigenvalue weighted by Gasteiger charge is 2.24. The third kappa shape index (κ3) is 17.1. The molecule has 0 saturated heterocycles. The number of hydrogen-bond donors (Lipinski definition) is 3. The van der Waals surface area contributed by atoms with Gasteiger partial charge in [0.2, 0.25) is 5.70 Å². The summed E-state index contributed by atoms with van der Waals surface area (Å²) < 4.78 is 18.1. The third-order valence-electron chi connectivity index (χ3n) is 11.3. The van der Waals surface area contributed by atoms with Crippen LogP contribution in [0.4, 0.5) is 0 Å². The Kier molecular flexibility index (Phi) is 24.7. The Morgan fingerprint density at radius 2 is 0.952 bits per heavy atom. The summed E-state index contributed by atoms with van der Waals surface area (Å²) in [4.78, 5) is 19.7. The van der Waals surface area contributed by atoms with Crippen molar-refractivity contribution in [1.29, 1.82) is 15.8 Å². The average molecular weight is 853 g/mol. The van der Waals surface area contributed by atoms with E-state index in [2.05, 4.69) is 51.1 Å². The molecule has 0 aliphatic heterocycles. The SMILES string of the molecule is [C-]#[N+]C([N+]#[C-])=C1CCCCC/C(NCCOCCN(CCOCCN/C2=C(\C#N)C(=C(C#N)C#N)CCCCC2)CCOCCN/C2=C(\C)C(=C([N+]#[C-])[N+]#[C-])CCCCC2)=C\1[N+]#[C-]. The van der Waals surface area contributed by atoms with E-state index in [1.807, 2.05) is 19.1 Å². The largest absolute Gasteiger partial charge is 0.522 e. The van der Waals surface area contributed by atoms with E-state index in [0.717, 1.165) is 98.9 Å². The lowest BCUT2D eigenvalue weighted by Gasteiger charge is -2.23. The van der Waals surface area contributed by atoms with Crippen molar-refractivity contribution >= 4 is 0 Å². The van der Waals surface area contributed by atoms with Crippen LogP contribution in [0.2, 0.25) is 0 Å². The number of nitriles is 3. The Balaban J connectivity index is 1.57. The molecular weight excluding hydrogens is 793 g/mol. The Morgan fingerprint density at radius 1 is 0.540 bits per heavy atom.